The van der Waals surface area contributed by atoms with Gasteiger partial charge >= 0.3 is 0 Å². The highest BCUT2D eigenvalue weighted by molar-refractivity contribution is 6.37. The molecule has 178 valence electrons. The van der Waals surface area contributed by atoms with Crippen LogP contribution < -0.4 is 10.9 Å². The van der Waals surface area contributed by atoms with Gasteiger partial charge in [-0.05, 0) is 55.3 Å². The molecule has 10 heteroatoms. The molecular weight excluding hydrogens is 487 g/mol. The number of aliphatic hydroxyl groups is 1. The monoisotopic (exact) mass is 508 g/mol. The van der Waals surface area contributed by atoms with Crippen LogP contribution in [0.3, 0.4) is 0 Å². The van der Waals surface area contributed by atoms with Gasteiger partial charge in [-0.25, -0.2) is 9.97 Å². The van der Waals surface area contributed by atoms with Crippen molar-refractivity contribution in [3.63, 3.8) is 0 Å². The third-order valence-corrected chi connectivity index (χ3v) is 7.41. The molecule has 1 saturated carbocycles. The van der Waals surface area contributed by atoms with Crippen LogP contribution in [0.1, 0.15) is 29.7 Å². The van der Waals surface area contributed by atoms with E-state index in [0.717, 1.165) is 23.5 Å². The van der Waals surface area contributed by atoms with Gasteiger partial charge in [0.2, 0.25) is 5.95 Å². The summed E-state index contributed by atoms with van der Waals surface area (Å²) in [6.07, 6.45) is 3.90. The van der Waals surface area contributed by atoms with Gasteiger partial charge in [0, 0.05) is 30.4 Å². The molecule has 0 bridgehead atoms. The molecule has 2 N–H and O–H groups in total. The Labute approximate surface area is 211 Å². The summed E-state index contributed by atoms with van der Waals surface area (Å²) in [5, 5.41) is 18.3. The van der Waals surface area contributed by atoms with Gasteiger partial charge in [0.05, 0.1) is 22.0 Å². The fourth-order valence-corrected chi connectivity index (χ4v) is 5.63. The number of anilines is 2. The Morgan fingerprint density at radius 1 is 1.17 bits per heavy atom. The summed E-state index contributed by atoms with van der Waals surface area (Å²) in [5.41, 5.74) is 4.16. The molecule has 0 amide bonds. The van der Waals surface area contributed by atoms with Crippen LogP contribution in [0.4, 0.5) is 11.6 Å². The van der Waals surface area contributed by atoms with Crippen LogP contribution in [0, 0.1) is 0 Å². The first kappa shape index (κ1) is 22.4. The average molecular weight is 509 g/mol. The standard InChI is InChI=1S/C25H22Cl2N6O2/c1-32-11-14-9-15(5-6-17(14)25(13-32)7-8-25)29-24-28-10-16-21(30-24)20(12-34)31-33(23(16)35)22-18(26)3-2-4-19(22)27/h2-6,9-10,34H,7-8,11-13H2,1H3,(H,28,29,30). The summed E-state index contributed by atoms with van der Waals surface area (Å²) in [5.74, 6) is 0.312. The zero-order valence-electron chi connectivity index (χ0n) is 18.9. The van der Waals surface area contributed by atoms with Gasteiger partial charge in [-0.3, -0.25) is 4.79 Å². The predicted octanol–water partition coefficient (Wildman–Crippen LogP) is 4.20. The van der Waals surface area contributed by atoms with Crippen molar-refractivity contribution in [2.24, 2.45) is 0 Å². The lowest BCUT2D eigenvalue weighted by molar-refractivity contribution is 0.271. The number of aromatic nitrogens is 4. The topological polar surface area (TPSA) is 96.2 Å². The lowest BCUT2D eigenvalue weighted by atomic mass is 9.87. The van der Waals surface area contributed by atoms with Crippen molar-refractivity contribution in [1.82, 2.24) is 24.6 Å². The third-order valence-electron chi connectivity index (χ3n) is 6.80. The molecule has 0 radical (unpaired) electrons. The van der Waals surface area contributed by atoms with Crippen LogP contribution in [0.25, 0.3) is 16.6 Å². The van der Waals surface area contributed by atoms with E-state index in [9.17, 15) is 9.90 Å². The number of halogens is 2. The Kier molecular flexibility index (Phi) is 5.30. The van der Waals surface area contributed by atoms with Crippen molar-refractivity contribution in [2.45, 2.75) is 31.4 Å². The number of hydrogen-bond donors (Lipinski definition) is 2. The Balaban J connectivity index is 1.39. The quantitative estimate of drug-likeness (QED) is 0.426. The van der Waals surface area contributed by atoms with Gasteiger partial charge in [0.1, 0.15) is 16.9 Å². The first-order chi connectivity index (χ1) is 16.9. The molecule has 0 unspecified atom stereocenters. The van der Waals surface area contributed by atoms with Crippen LogP contribution in [0.2, 0.25) is 10.0 Å². The molecule has 4 aromatic rings. The van der Waals surface area contributed by atoms with Crippen molar-refractivity contribution < 1.29 is 5.11 Å². The van der Waals surface area contributed by atoms with E-state index in [1.165, 1.54) is 30.2 Å². The van der Waals surface area contributed by atoms with Crippen molar-refractivity contribution in [3.05, 3.63) is 79.8 Å². The first-order valence-corrected chi connectivity index (χ1v) is 12.1. The Morgan fingerprint density at radius 3 is 2.66 bits per heavy atom. The van der Waals surface area contributed by atoms with E-state index in [0.29, 0.717) is 11.4 Å². The molecule has 8 nitrogen and oxygen atoms in total. The molecule has 2 aliphatic rings. The highest BCUT2D eigenvalue weighted by Gasteiger charge is 2.48. The number of nitrogens with one attached hydrogen (secondary N) is 1. The number of para-hydroxylation sites is 1. The summed E-state index contributed by atoms with van der Waals surface area (Å²) < 4.78 is 1.09. The van der Waals surface area contributed by atoms with E-state index in [1.807, 2.05) is 6.07 Å². The summed E-state index contributed by atoms with van der Waals surface area (Å²) in [6, 6.07) is 11.3. The molecule has 6 rings (SSSR count). The maximum Gasteiger partial charge on any atom is 0.282 e. The van der Waals surface area contributed by atoms with Crippen LogP contribution in [-0.4, -0.2) is 43.3 Å². The molecule has 1 aliphatic carbocycles. The lowest BCUT2D eigenvalue weighted by Crippen LogP contribution is -2.35. The van der Waals surface area contributed by atoms with Gasteiger partial charge in [-0.2, -0.15) is 9.78 Å². The van der Waals surface area contributed by atoms with Crippen molar-refractivity contribution in [2.75, 3.05) is 18.9 Å². The van der Waals surface area contributed by atoms with Crippen molar-refractivity contribution in [3.8, 4) is 5.69 Å². The number of aliphatic hydroxyl groups excluding tert-OH is 1. The van der Waals surface area contributed by atoms with Gasteiger partial charge in [-0.1, -0.05) is 35.3 Å². The second-order valence-electron chi connectivity index (χ2n) is 9.30. The molecule has 3 heterocycles. The Morgan fingerprint density at radius 2 is 1.94 bits per heavy atom. The number of fused-ring (bicyclic) bond motifs is 3. The second-order valence-corrected chi connectivity index (χ2v) is 10.1. The smallest absolute Gasteiger partial charge is 0.282 e. The maximum atomic E-state index is 13.2. The minimum atomic E-state index is -0.481. The minimum Gasteiger partial charge on any atom is -0.390 e. The molecule has 35 heavy (non-hydrogen) atoms. The normalized spacial score (nSPS) is 16.5. The van der Waals surface area contributed by atoms with Gasteiger partial charge in [0.25, 0.3) is 5.56 Å². The van der Waals surface area contributed by atoms with E-state index in [2.05, 4.69) is 44.5 Å². The van der Waals surface area contributed by atoms with Crippen molar-refractivity contribution in [1.29, 1.82) is 0 Å². The zero-order valence-corrected chi connectivity index (χ0v) is 20.4. The number of hydrogen-bond acceptors (Lipinski definition) is 7. The molecule has 0 saturated heterocycles. The number of nitrogens with zero attached hydrogens (tertiary/aromatic N) is 5. The number of benzene rings is 2. The van der Waals surface area contributed by atoms with Crippen molar-refractivity contribution >= 4 is 45.7 Å². The largest absolute Gasteiger partial charge is 0.390 e. The summed E-state index contributed by atoms with van der Waals surface area (Å²) >= 11 is 12.6. The molecule has 1 spiro atoms. The molecule has 2 aromatic heterocycles. The Hall–Kier alpha value is -3.04. The van der Waals surface area contributed by atoms with E-state index >= 15 is 0 Å². The first-order valence-electron chi connectivity index (χ1n) is 11.3. The molecule has 1 aliphatic heterocycles. The third kappa shape index (κ3) is 3.77. The van der Waals surface area contributed by atoms with Crippen LogP contribution >= 0.6 is 23.2 Å². The number of likely N-dealkylation sites (N-methyl/N-ethyl adjacent to an activating group) is 1. The van der Waals surface area contributed by atoms with E-state index in [-0.39, 0.29) is 32.3 Å². The van der Waals surface area contributed by atoms with Crippen LogP contribution in [0.15, 0.2) is 47.4 Å². The van der Waals surface area contributed by atoms with E-state index in [4.69, 9.17) is 23.2 Å². The number of rotatable bonds is 4. The fraction of sp³-hybridized carbons (Fsp3) is 0.280. The zero-order chi connectivity index (χ0) is 24.3. The summed E-state index contributed by atoms with van der Waals surface area (Å²) in [7, 11) is 2.15. The van der Waals surface area contributed by atoms with E-state index < -0.39 is 12.2 Å². The highest BCUT2D eigenvalue weighted by Crippen LogP contribution is 2.52. The fourth-order valence-electron chi connectivity index (χ4n) is 5.07. The second kappa shape index (κ2) is 8.27. The SMILES string of the molecule is CN1Cc2cc(Nc3ncc4c(=O)n(-c5c(Cl)cccc5Cl)nc(CO)c4n3)ccc2C2(CC2)C1. The van der Waals surface area contributed by atoms with Gasteiger partial charge < -0.3 is 15.3 Å². The van der Waals surface area contributed by atoms with Gasteiger partial charge in [0.15, 0.2) is 0 Å². The molecule has 0 atom stereocenters. The predicted molar refractivity (Wildman–Crippen MR) is 136 cm³/mol. The molecular formula is C25H22Cl2N6O2. The Bertz CT molecular complexity index is 1530. The van der Waals surface area contributed by atoms with Gasteiger partial charge in [-0.15, -0.1) is 0 Å². The average Bonchev–Trinajstić information content (AvgIpc) is 3.59. The molecule has 2 aromatic carbocycles. The molecule has 1 fully saturated rings. The maximum absolute atomic E-state index is 13.2. The van der Waals surface area contributed by atoms with Crippen LogP contribution in [0.5, 0.6) is 0 Å². The minimum absolute atomic E-state index is 0.202. The summed E-state index contributed by atoms with van der Waals surface area (Å²) in [6.45, 7) is 1.57. The summed E-state index contributed by atoms with van der Waals surface area (Å²) in [4.78, 5) is 24.5. The van der Waals surface area contributed by atoms with E-state index in [1.54, 1.807) is 18.2 Å². The van der Waals surface area contributed by atoms with Crippen LogP contribution in [-0.2, 0) is 18.6 Å². The lowest BCUT2D eigenvalue weighted by Gasteiger charge is -2.32. The highest BCUT2D eigenvalue weighted by atomic mass is 35.5.